The fraction of sp³-hybridized carbons (Fsp3) is 0.292. The molecule has 7 nitrogen and oxygen atoms in total. The molecule has 4 rings (SSSR count). The second-order valence-corrected chi connectivity index (χ2v) is 10.6. The van der Waals surface area contributed by atoms with E-state index in [1.165, 1.54) is 23.1 Å². The summed E-state index contributed by atoms with van der Waals surface area (Å²) in [6.07, 6.45) is 3.49. The highest BCUT2D eigenvalue weighted by Gasteiger charge is 2.20. The highest BCUT2D eigenvalue weighted by molar-refractivity contribution is 7.98. The fourth-order valence-corrected chi connectivity index (χ4v) is 5.04. The SMILES string of the molecule is Cc1ccc(Cl)cc1-n1c(SCc2nc(C(=O)NC(C)C(C)C)cs2)nnc1-c1cccnc1. The molecule has 0 fully saturated rings. The highest BCUT2D eigenvalue weighted by Crippen LogP contribution is 2.32. The van der Waals surface area contributed by atoms with Gasteiger partial charge < -0.3 is 5.32 Å². The lowest BCUT2D eigenvalue weighted by atomic mass is 10.1. The standard InChI is InChI=1S/C24H25ClN6OS2/c1-14(2)16(4)27-23(32)19-12-33-21(28-19)13-34-24-30-29-22(17-6-5-9-26-11-17)31(24)20-10-18(25)8-7-15(20)3/h5-12,14,16H,13H2,1-4H3,(H,27,32). The minimum atomic E-state index is -0.148. The number of pyridine rings is 1. The quantitative estimate of drug-likeness (QED) is 0.300. The number of benzene rings is 1. The Hall–Kier alpha value is -2.75. The van der Waals surface area contributed by atoms with Crippen LogP contribution in [-0.4, -0.2) is 36.7 Å². The molecule has 0 aliphatic carbocycles. The number of aryl methyl sites for hydroxylation is 1. The van der Waals surface area contributed by atoms with Crippen LogP contribution in [0.3, 0.4) is 0 Å². The summed E-state index contributed by atoms with van der Waals surface area (Å²) in [6.45, 7) is 8.17. The van der Waals surface area contributed by atoms with Crippen LogP contribution in [0, 0.1) is 12.8 Å². The molecule has 0 saturated carbocycles. The molecular weight excluding hydrogens is 488 g/mol. The fourth-order valence-electron chi connectivity index (χ4n) is 3.14. The molecule has 0 bridgehead atoms. The van der Waals surface area contributed by atoms with Crippen LogP contribution in [0.2, 0.25) is 5.02 Å². The maximum Gasteiger partial charge on any atom is 0.270 e. The molecule has 34 heavy (non-hydrogen) atoms. The number of aromatic nitrogens is 5. The molecule has 0 aliphatic rings. The Morgan fingerprint density at radius 3 is 2.79 bits per heavy atom. The Bertz CT molecular complexity index is 1290. The third kappa shape index (κ3) is 5.48. The zero-order chi connectivity index (χ0) is 24.2. The molecule has 176 valence electrons. The summed E-state index contributed by atoms with van der Waals surface area (Å²) in [6, 6.07) is 9.65. The van der Waals surface area contributed by atoms with Crippen molar-refractivity contribution in [2.75, 3.05) is 0 Å². The Morgan fingerprint density at radius 1 is 1.24 bits per heavy atom. The van der Waals surface area contributed by atoms with Gasteiger partial charge in [-0.3, -0.25) is 14.3 Å². The third-order valence-electron chi connectivity index (χ3n) is 5.43. The van der Waals surface area contributed by atoms with Gasteiger partial charge in [-0.1, -0.05) is 43.3 Å². The Kier molecular flexibility index (Phi) is 7.65. The number of rotatable bonds is 8. The van der Waals surface area contributed by atoms with Gasteiger partial charge in [0.1, 0.15) is 10.7 Å². The summed E-state index contributed by atoms with van der Waals surface area (Å²) in [5, 5.41) is 15.9. The van der Waals surface area contributed by atoms with Crippen molar-refractivity contribution in [3.8, 4) is 17.1 Å². The molecule has 0 radical (unpaired) electrons. The predicted molar refractivity (Wildman–Crippen MR) is 138 cm³/mol. The van der Waals surface area contributed by atoms with Gasteiger partial charge in [0.15, 0.2) is 11.0 Å². The van der Waals surface area contributed by atoms with Gasteiger partial charge in [0.25, 0.3) is 5.91 Å². The van der Waals surface area contributed by atoms with Gasteiger partial charge in [-0.25, -0.2) is 4.98 Å². The minimum absolute atomic E-state index is 0.0809. The lowest BCUT2D eigenvalue weighted by molar-refractivity contribution is 0.0926. The van der Waals surface area contributed by atoms with E-state index in [9.17, 15) is 4.79 Å². The molecule has 1 aromatic carbocycles. The molecular formula is C24H25ClN6OS2. The smallest absolute Gasteiger partial charge is 0.270 e. The van der Waals surface area contributed by atoms with Crippen molar-refractivity contribution in [3.05, 3.63) is 69.4 Å². The summed E-state index contributed by atoms with van der Waals surface area (Å²) >= 11 is 9.30. The van der Waals surface area contributed by atoms with Gasteiger partial charge >= 0.3 is 0 Å². The van der Waals surface area contributed by atoms with Gasteiger partial charge in [-0.15, -0.1) is 21.5 Å². The molecule has 1 amide bonds. The van der Waals surface area contributed by atoms with E-state index in [1.54, 1.807) is 17.8 Å². The minimum Gasteiger partial charge on any atom is -0.348 e. The molecule has 0 aliphatic heterocycles. The summed E-state index contributed by atoms with van der Waals surface area (Å²) in [4.78, 5) is 21.3. The van der Waals surface area contributed by atoms with Gasteiger partial charge in [-0.2, -0.15) is 0 Å². The number of carbonyl (C=O) groups excluding carboxylic acids is 1. The van der Waals surface area contributed by atoms with Crippen LogP contribution in [0.1, 0.15) is 41.8 Å². The molecule has 10 heteroatoms. The molecule has 0 spiro atoms. The Labute approximate surface area is 212 Å². The van der Waals surface area contributed by atoms with E-state index in [1.807, 2.05) is 48.7 Å². The Balaban J connectivity index is 1.60. The number of nitrogens with one attached hydrogen (secondary N) is 1. The second kappa shape index (κ2) is 10.7. The zero-order valence-electron chi connectivity index (χ0n) is 19.3. The third-order valence-corrected chi connectivity index (χ3v) is 7.64. The van der Waals surface area contributed by atoms with Crippen LogP contribution >= 0.6 is 34.7 Å². The molecule has 3 heterocycles. The molecule has 1 N–H and O–H groups in total. The first-order valence-electron chi connectivity index (χ1n) is 10.8. The van der Waals surface area contributed by atoms with Crippen molar-refractivity contribution in [3.63, 3.8) is 0 Å². The monoisotopic (exact) mass is 512 g/mol. The normalized spacial score (nSPS) is 12.2. The van der Waals surface area contributed by atoms with E-state index in [0.29, 0.717) is 33.4 Å². The van der Waals surface area contributed by atoms with Gasteiger partial charge in [0.2, 0.25) is 0 Å². The van der Waals surface area contributed by atoms with Crippen LogP contribution in [-0.2, 0) is 5.75 Å². The molecule has 1 atom stereocenters. The zero-order valence-corrected chi connectivity index (χ0v) is 21.7. The van der Waals surface area contributed by atoms with E-state index in [2.05, 4.69) is 39.3 Å². The van der Waals surface area contributed by atoms with Crippen LogP contribution < -0.4 is 5.32 Å². The predicted octanol–water partition coefficient (Wildman–Crippen LogP) is 5.81. The number of thioether (sulfide) groups is 1. The molecule has 0 saturated heterocycles. The largest absolute Gasteiger partial charge is 0.348 e. The van der Waals surface area contributed by atoms with E-state index >= 15 is 0 Å². The van der Waals surface area contributed by atoms with Gasteiger partial charge in [0, 0.05) is 34.4 Å². The molecule has 4 aromatic rings. The van der Waals surface area contributed by atoms with Crippen molar-refractivity contribution in [2.45, 2.75) is 44.6 Å². The van der Waals surface area contributed by atoms with Crippen molar-refractivity contribution in [1.29, 1.82) is 0 Å². The first-order valence-corrected chi connectivity index (χ1v) is 13.1. The van der Waals surface area contributed by atoms with Crippen LogP contribution in [0.25, 0.3) is 17.1 Å². The lowest BCUT2D eigenvalue weighted by Crippen LogP contribution is -2.36. The van der Waals surface area contributed by atoms with Crippen molar-refractivity contribution in [1.82, 2.24) is 30.0 Å². The molecule has 1 unspecified atom stereocenters. The van der Waals surface area contributed by atoms with Crippen molar-refractivity contribution >= 4 is 40.6 Å². The summed E-state index contributed by atoms with van der Waals surface area (Å²) in [5.74, 6) is 1.45. The number of nitrogens with zero attached hydrogens (tertiary/aromatic N) is 5. The summed E-state index contributed by atoms with van der Waals surface area (Å²) in [7, 11) is 0. The number of thiazole rings is 1. The van der Waals surface area contributed by atoms with Gasteiger partial charge in [-0.05, 0) is 49.6 Å². The van der Waals surface area contributed by atoms with Crippen LogP contribution in [0.5, 0.6) is 0 Å². The maximum atomic E-state index is 12.5. The average Bonchev–Trinajstić information content (AvgIpc) is 3.47. The Morgan fingerprint density at radius 2 is 2.06 bits per heavy atom. The average molecular weight is 513 g/mol. The number of hydrogen-bond acceptors (Lipinski definition) is 7. The maximum absolute atomic E-state index is 12.5. The van der Waals surface area contributed by atoms with Crippen molar-refractivity contribution < 1.29 is 4.79 Å². The first-order chi connectivity index (χ1) is 16.3. The number of amides is 1. The summed E-state index contributed by atoms with van der Waals surface area (Å²) < 4.78 is 1.99. The molecule has 3 aromatic heterocycles. The summed E-state index contributed by atoms with van der Waals surface area (Å²) in [5.41, 5.74) is 3.24. The number of carbonyl (C=O) groups is 1. The lowest BCUT2D eigenvalue weighted by Gasteiger charge is -2.16. The first kappa shape index (κ1) is 24.4. The second-order valence-electron chi connectivity index (χ2n) is 8.24. The number of halogens is 1. The number of hydrogen-bond donors (Lipinski definition) is 1. The highest BCUT2D eigenvalue weighted by atomic mass is 35.5. The van der Waals surface area contributed by atoms with Crippen LogP contribution in [0.4, 0.5) is 0 Å². The van der Waals surface area contributed by atoms with Crippen LogP contribution in [0.15, 0.2) is 53.3 Å². The van der Waals surface area contributed by atoms with E-state index < -0.39 is 0 Å². The van der Waals surface area contributed by atoms with Gasteiger partial charge in [0.05, 0.1) is 11.4 Å². The van der Waals surface area contributed by atoms with E-state index in [-0.39, 0.29) is 11.9 Å². The topological polar surface area (TPSA) is 85.6 Å². The van der Waals surface area contributed by atoms with E-state index in [0.717, 1.165) is 21.8 Å². The van der Waals surface area contributed by atoms with E-state index in [4.69, 9.17) is 11.6 Å². The van der Waals surface area contributed by atoms with Crippen molar-refractivity contribution in [2.24, 2.45) is 5.92 Å².